The third kappa shape index (κ3) is 3.34. The average Bonchev–Trinajstić information content (AvgIpc) is 2.76. The van der Waals surface area contributed by atoms with Crippen molar-refractivity contribution in [2.75, 3.05) is 12.5 Å². The smallest absolute Gasteiger partial charge is 0.280 e. The first-order chi connectivity index (χ1) is 14.1. The van der Waals surface area contributed by atoms with E-state index in [1.807, 2.05) is 0 Å². The van der Waals surface area contributed by atoms with Crippen LogP contribution in [0.25, 0.3) is 22.3 Å². The Morgan fingerprint density at radius 3 is 2.48 bits per heavy atom. The van der Waals surface area contributed by atoms with Gasteiger partial charge in [0.15, 0.2) is 5.82 Å². The van der Waals surface area contributed by atoms with Gasteiger partial charge in [-0.25, -0.2) is 9.37 Å². The molecule has 0 bridgehead atoms. The molecule has 0 fully saturated rings. The molecule has 0 aliphatic rings. The highest BCUT2D eigenvalue weighted by Gasteiger charge is 2.19. The van der Waals surface area contributed by atoms with Crippen LogP contribution < -0.4 is 15.7 Å². The quantitative estimate of drug-likeness (QED) is 0.579. The van der Waals surface area contributed by atoms with E-state index >= 15 is 0 Å². The lowest BCUT2D eigenvalue weighted by atomic mass is 10.1. The first-order valence-corrected chi connectivity index (χ1v) is 8.81. The van der Waals surface area contributed by atoms with Gasteiger partial charge in [-0.1, -0.05) is 36.4 Å². The number of halogens is 1. The van der Waals surface area contributed by atoms with Crippen LogP contribution in [0.3, 0.4) is 0 Å². The number of carbonyl (C=O) groups is 1. The van der Waals surface area contributed by atoms with Crippen LogP contribution in [0.5, 0.6) is 5.75 Å². The second kappa shape index (κ2) is 7.55. The molecule has 0 saturated heterocycles. The Hall–Kier alpha value is -4.00. The van der Waals surface area contributed by atoms with E-state index in [1.165, 1.54) is 25.3 Å². The Morgan fingerprint density at radius 2 is 1.69 bits per heavy atom. The molecule has 0 atom stereocenters. The summed E-state index contributed by atoms with van der Waals surface area (Å²) in [6, 6.07) is 19.2. The number of fused-ring (bicyclic) bond motifs is 1. The second-order valence-electron chi connectivity index (χ2n) is 6.21. The van der Waals surface area contributed by atoms with Crippen molar-refractivity contribution < 1.29 is 13.9 Å². The highest BCUT2D eigenvalue weighted by molar-refractivity contribution is 6.02. The number of nitrogens with one attached hydrogen (secondary N) is 1. The van der Waals surface area contributed by atoms with E-state index in [0.717, 1.165) is 4.68 Å². The number of nitrogens with zero attached hydrogens (tertiary/aromatic N) is 2. The predicted molar refractivity (Wildman–Crippen MR) is 108 cm³/mol. The molecule has 1 aromatic heterocycles. The summed E-state index contributed by atoms with van der Waals surface area (Å²) in [4.78, 5) is 30.4. The summed E-state index contributed by atoms with van der Waals surface area (Å²) in [6.45, 7) is 0. The summed E-state index contributed by atoms with van der Waals surface area (Å²) in [5.74, 6) is -0.802. The fourth-order valence-electron chi connectivity index (χ4n) is 3.05. The molecule has 0 saturated carbocycles. The second-order valence-corrected chi connectivity index (χ2v) is 6.21. The molecule has 7 heteroatoms. The fourth-order valence-corrected chi connectivity index (χ4v) is 3.05. The van der Waals surface area contributed by atoms with Crippen molar-refractivity contribution in [2.45, 2.75) is 0 Å². The molecule has 6 nitrogen and oxygen atoms in total. The zero-order chi connectivity index (χ0) is 20.4. The minimum Gasteiger partial charge on any atom is -0.496 e. The number of aromatic nitrogens is 2. The summed E-state index contributed by atoms with van der Waals surface area (Å²) >= 11 is 0. The minimum atomic E-state index is -0.584. The molecule has 0 radical (unpaired) electrons. The molecule has 4 aromatic rings. The maximum atomic E-state index is 14.5. The summed E-state index contributed by atoms with van der Waals surface area (Å²) in [7, 11) is 1.45. The Kier molecular flexibility index (Phi) is 4.78. The summed E-state index contributed by atoms with van der Waals surface area (Å²) in [5, 5.41) is 0.299. The molecule has 0 aliphatic heterocycles. The van der Waals surface area contributed by atoms with Crippen LogP contribution in [-0.2, 0) is 0 Å². The highest BCUT2D eigenvalue weighted by atomic mass is 19.1. The monoisotopic (exact) mass is 389 g/mol. The molecule has 0 aliphatic carbocycles. The Morgan fingerprint density at radius 1 is 1.00 bits per heavy atom. The third-order valence-electron chi connectivity index (χ3n) is 4.46. The normalized spacial score (nSPS) is 10.7. The molecule has 1 heterocycles. The number of hydrogen-bond acceptors (Lipinski definition) is 4. The van der Waals surface area contributed by atoms with Crippen LogP contribution in [0.2, 0.25) is 0 Å². The fraction of sp³-hybridized carbons (Fsp3) is 0.0455. The number of rotatable bonds is 4. The van der Waals surface area contributed by atoms with Crippen LogP contribution in [0.15, 0.2) is 77.6 Å². The van der Waals surface area contributed by atoms with Crippen LogP contribution >= 0.6 is 0 Å². The van der Waals surface area contributed by atoms with Crippen molar-refractivity contribution in [1.29, 1.82) is 0 Å². The predicted octanol–water partition coefficient (Wildman–Crippen LogP) is 3.60. The molecular formula is C22H16FN3O3. The van der Waals surface area contributed by atoms with E-state index in [4.69, 9.17) is 4.74 Å². The van der Waals surface area contributed by atoms with Gasteiger partial charge in [-0.3, -0.25) is 15.0 Å². The molecule has 29 heavy (non-hydrogen) atoms. The van der Waals surface area contributed by atoms with Gasteiger partial charge in [-0.05, 0) is 36.4 Å². The van der Waals surface area contributed by atoms with E-state index in [9.17, 15) is 14.0 Å². The Bertz CT molecular complexity index is 1280. The SMILES string of the molecule is COc1ccccc1C(=O)Nn1c(-c2ccccc2F)nc2ccccc2c1=O. The molecule has 144 valence electrons. The maximum absolute atomic E-state index is 14.5. The molecule has 1 N–H and O–H groups in total. The first kappa shape index (κ1) is 18.4. The van der Waals surface area contributed by atoms with Gasteiger partial charge in [0.1, 0.15) is 11.6 Å². The lowest BCUT2D eigenvalue weighted by molar-refractivity contribution is 0.100. The van der Waals surface area contributed by atoms with Crippen molar-refractivity contribution >= 4 is 16.8 Å². The van der Waals surface area contributed by atoms with Gasteiger partial charge in [-0.15, -0.1) is 0 Å². The van der Waals surface area contributed by atoms with Gasteiger partial charge in [0, 0.05) is 0 Å². The maximum Gasteiger partial charge on any atom is 0.280 e. The van der Waals surface area contributed by atoms with E-state index in [-0.39, 0.29) is 17.0 Å². The number of amides is 1. The van der Waals surface area contributed by atoms with Gasteiger partial charge < -0.3 is 4.74 Å². The number of ether oxygens (including phenoxy) is 1. The standard InChI is InChI=1S/C22H16FN3O3/c1-29-19-13-7-4-10-16(19)21(27)25-26-20(14-8-2-5-11-17(14)23)24-18-12-6-3-9-15(18)22(26)28/h2-13H,1H3,(H,25,27). The molecule has 1 amide bonds. The van der Waals surface area contributed by atoms with Crippen LogP contribution in [0.1, 0.15) is 10.4 Å². The topological polar surface area (TPSA) is 73.2 Å². The summed E-state index contributed by atoms with van der Waals surface area (Å²) < 4.78 is 20.7. The molecule has 4 rings (SSSR count). The van der Waals surface area contributed by atoms with Crippen molar-refractivity contribution in [3.05, 3.63) is 94.5 Å². The Labute approximate surface area is 165 Å². The van der Waals surface area contributed by atoms with E-state index in [0.29, 0.717) is 16.7 Å². The largest absolute Gasteiger partial charge is 0.496 e. The number of benzene rings is 3. The van der Waals surface area contributed by atoms with E-state index < -0.39 is 17.3 Å². The first-order valence-electron chi connectivity index (χ1n) is 8.81. The molecule has 0 spiro atoms. The lowest BCUT2D eigenvalue weighted by Gasteiger charge is -2.16. The summed E-state index contributed by atoms with van der Waals surface area (Å²) in [5.41, 5.74) is 2.75. The minimum absolute atomic E-state index is 0.00459. The van der Waals surface area contributed by atoms with Gasteiger partial charge in [0.2, 0.25) is 0 Å². The zero-order valence-electron chi connectivity index (χ0n) is 15.4. The third-order valence-corrected chi connectivity index (χ3v) is 4.46. The number of methoxy groups -OCH3 is 1. The van der Waals surface area contributed by atoms with Crippen molar-refractivity contribution in [3.8, 4) is 17.1 Å². The van der Waals surface area contributed by atoms with Gasteiger partial charge in [0.05, 0.1) is 29.1 Å². The number of para-hydroxylation sites is 2. The zero-order valence-corrected chi connectivity index (χ0v) is 15.4. The van der Waals surface area contributed by atoms with Crippen LogP contribution in [-0.4, -0.2) is 22.7 Å². The molecule has 3 aromatic carbocycles. The van der Waals surface area contributed by atoms with Crippen LogP contribution in [0, 0.1) is 5.82 Å². The highest BCUT2D eigenvalue weighted by Crippen LogP contribution is 2.22. The average molecular weight is 389 g/mol. The van der Waals surface area contributed by atoms with Crippen molar-refractivity contribution in [2.24, 2.45) is 0 Å². The number of carbonyl (C=O) groups excluding carboxylic acids is 1. The van der Waals surface area contributed by atoms with Gasteiger partial charge >= 0.3 is 0 Å². The van der Waals surface area contributed by atoms with Crippen molar-refractivity contribution in [3.63, 3.8) is 0 Å². The summed E-state index contributed by atoms with van der Waals surface area (Å²) in [6.07, 6.45) is 0. The van der Waals surface area contributed by atoms with E-state index in [2.05, 4.69) is 10.4 Å². The molecule has 0 unspecified atom stereocenters. The van der Waals surface area contributed by atoms with E-state index in [1.54, 1.807) is 54.6 Å². The molecular weight excluding hydrogens is 373 g/mol. The van der Waals surface area contributed by atoms with Crippen molar-refractivity contribution in [1.82, 2.24) is 9.66 Å². The lowest BCUT2D eigenvalue weighted by Crippen LogP contribution is -2.35. The Balaban J connectivity index is 1.92. The van der Waals surface area contributed by atoms with Gasteiger partial charge in [-0.2, -0.15) is 4.68 Å². The van der Waals surface area contributed by atoms with Gasteiger partial charge in [0.25, 0.3) is 11.5 Å². The number of hydrogen-bond donors (Lipinski definition) is 1. The van der Waals surface area contributed by atoms with Crippen LogP contribution in [0.4, 0.5) is 4.39 Å².